The number of nitrogens with zero attached hydrogens (tertiary/aromatic N) is 1. The second-order valence-electron chi connectivity index (χ2n) is 6.95. The number of esters is 1. The van der Waals surface area contributed by atoms with Crippen LogP contribution in [-0.2, 0) is 24.3 Å². The summed E-state index contributed by atoms with van der Waals surface area (Å²) in [4.78, 5) is 24.4. The lowest BCUT2D eigenvalue weighted by molar-refractivity contribution is -0.119. The van der Waals surface area contributed by atoms with E-state index in [4.69, 9.17) is 13.9 Å². The van der Waals surface area contributed by atoms with Gasteiger partial charge in [-0.2, -0.15) is 4.31 Å². The summed E-state index contributed by atoms with van der Waals surface area (Å²) in [6, 6.07) is 6.16. The molecule has 1 saturated heterocycles. The van der Waals surface area contributed by atoms with Crippen LogP contribution in [0.5, 0.6) is 0 Å². The minimum absolute atomic E-state index is 0.115. The largest absolute Gasteiger partial charge is 0.466 e. The summed E-state index contributed by atoms with van der Waals surface area (Å²) < 4.78 is 42.7. The highest BCUT2D eigenvalue weighted by atomic mass is 32.2. The standard InChI is InChI=1S/C20H24N2O7S/c1-13-4-5-16(11-18(13)30(25,26)22-6-8-27-9-7-22)21-19(23)12-28-20(24)17-10-14(2)29-15(17)3/h4-5,10-11H,6-9,12H2,1-3H3,(H,21,23). The van der Waals surface area contributed by atoms with Crippen molar-refractivity contribution in [3.05, 3.63) is 46.9 Å². The molecule has 30 heavy (non-hydrogen) atoms. The lowest BCUT2D eigenvalue weighted by atomic mass is 10.2. The number of carbonyl (C=O) groups is 2. The van der Waals surface area contributed by atoms with E-state index in [-0.39, 0.29) is 23.5 Å². The van der Waals surface area contributed by atoms with Crippen molar-refractivity contribution < 1.29 is 31.9 Å². The number of aryl methyl sites for hydroxylation is 3. The van der Waals surface area contributed by atoms with Crippen LogP contribution in [0.15, 0.2) is 33.6 Å². The lowest BCUT2D eigenvalue weighted by Crippen LogP contribution is -2.40. The second kappa shape index (κ2) is 8.99. The Morgan fingerprint density at radius 1 is 1.13 bits per heavy atom. The quantitative estimate of drug-likeness (QED) is 0.689. The molecule has 2 aromatic rings. The van der Waals surface area contributed by atoms with E-state index in [1.807, 2.05) is 0 Å². The van der Waals surface area contributed by atoms with Crippen molar-refractivity contribution in [3.63, 3.8) is 0 Å². The second-order valence-corrected chi connectivity index (χ2v) is 8.85. The van der Waals surface area contributed by atoms with Crippen LogP contribution in [0.3, 0.4) is 0 Å². The summed E-state index contributed by atoms with van der Waals surface area (Å²) in [5, 5.41) is 2.56. The Balaban J connectivity index is 1.66. The van der Waals surface area contributed by atoms with E-state index in [0.29, 0.717) is 36.0 Å². The average molecular weight is 436 g/mol. The third-order valence-corrected chi connectivity index (χ3v) is 6.70. The van der Waals surface area contributed by atoms with Crippen LogP contribution in [0.2, 0.25) is 0 Å². The zero-order valence-electron chi connectivity index (χ0n) is 17.1. The Morgan fingerprint density at radius 2 is 1.83 bits per heavy atom. The van der Waals surface area contributed by atoms with E-state index in [2.05, 4.69) is 5.32 Å². The number of hydrogen-bond acceptors (Lipinski definition) is 7. The third-order valence-electron chi connectivity index (χ3n) is 4.66. The minimum atomic E-state index is -3.71. The smallest absolute Gasteiger partial charge is 0.342 e. The van der Waals surface area contributed by atoms with Crippen LogP contribution in [0.25, 0.3) is 0 Å². The maximum atomic E-state index is 12.9. The predicted octanol–water partition coefficient (Wildman–Crippen LogP) is 2.02. The molecule has 1 aliphatic rings. The Morgan fingerprint density at radius 3 is 2.47 bits per heavy atom. The first-order chi connectivity index (χ1) is 14.2. The van der Waals surface area contributed by atoms with Gasteiger partial charge < -0.3 is 19.2 Å². The molecule has 0 atom stereocenters. The Bertz CT molecular complexity index is 1050. The van der Waals surface area contributed by atoms with Gasteiger partial charge in [-0.05, 0) is 44.5 Å². The molecule has 0 aliphatic carbocycles. The Kier molecular flexibility index (Phi) is 6.59. The summed E-state index contributed by atoms with van der Waals surface area (Å²) in [6.45, 7) is 5.76. The van der Waals surface area contributed by atoms with Gasteiger partial charge in [0.2, 0.25) is 10.0 Å². The average Bonchev–Trinajstić information content (AvgIpc) is 3.06. The normalized spacial score (nSPS) is 15.0. The summed E-state index contributed by atoms with van der Waals surface area (Å²) in [7, 11) is -3.71. The van der Waals surface area contributed by atoms with Gasteiger partial charge in [0, 0.05) is 18.8 Å². The summed E-state index contributed by atoms with van der Waals surface area (Å²) in [5.74, 6) is -0.272. The molecule has 1 N–H and O–H groups in total. The van der Waals surface area contributed by atoms with Crippen LogP contribution < -0.4 is 5.32 Å². The van der Waals surface area contributed by atoms with Crippen LogP contribution >= 0.6 is 0 Å². The molecule has 1 aromatic heterocycles. The van der Waals surface area contributed by atoms with Gasteiger partial charge in [0.15, 0.2) is 6.61 Å². The van der Waals surface area contributed by atoms with Crippen LogP contribution in [0.1, 0.15) is 27.4 Å². The monoisotopic (exact) mass is 436 g/mol. The van der Waals surface area contributed by atoms with Crippen molar-refractivity contribution in [1.82, 2.24) is 4.31 Å². The number of morpholine rings is 1. The number of furan rings is 1. The lowest BCUT2D eigenvalue weighted by Gasteiger charge is -2.26. The molecular weight excluding hydrogens is 412 g/mol. The maximum Gasteiger partial charge on any atom is 0.342 e. The highest BCUT2D eigenvalue weighted by molar-refractivity contribution is 7.89. The first kappa shape index (κ1) is 22.0. The highest BCUT2D eigenvalue weighted by Crippen LogP contribution is 2.24. The summed E-state index contributed by atoms with van der Waals surface area (Å²) in [6.07, 6.45) is 0. The van der Waals surface area contributed by atoms with Gasteiger partial charge in [0.1, 0.15) is 17.1 Å². The Labute approximate surface area is 175 Å². The predicted molar refractivity (Wildman–Crippen MR) is 108 cm³/mol. The zero-order chi connectivity index (χ0) is 21.9. The first-order valence-corrected chi connectivity index (χ1v) is 10.8. The van der Waals surface area contributed by atoms with Gasteiger partial charge in [-0.25, -0.2) is 13.2 Å². The number of carbonyl (C=O) groups excluding carboxylic acids is 2. The molecule has 0 spiro atoms. The molecule has 162 valence electrons. The van der Waals surface area contributed by atoms with Crippen molar-refractivity contribution in [2.75, 3.05) is 38.2 Å². The zero-order valence-corrected chi connectivity index (χ0v) is 17.9. The van der Waals surface area contributed by atoms with E-state index < -0.39 is 28.5 Å². The summed E-state index contributed by atoms with van der Waals surface area (Å²) in [5.41, 5.74) is 1.12. The highest BCUT2D eigenvalue weighted by Gasteiger charge is 2.28. The molecule has 1 aliphatic heterocycles. The third kappa shape index (κ3) is 4.89. The fourth-order valence-corrected chi connectivity index (χ4v) is 4.78. The van der Waals surface area contributed by atoms with Gasteiger partial charge >= 0.3 is 5.97 Å². The molecule has 3 rings (SSSR count). The Hall–Kier alpha value is -2.69. The number of hydrogen-bond donors (Lipinski definition) is 1. The van der Waals surface area contributed by atoms with Crippen molar-refractivity contribution in [2.24, 2.45) is 0 Å². The molecule has 1 fully saturated rings. The minimum Gasteiger partial charge on any atom is -0.466 e. The van der Waals surface area contributed by atoms with Gasteiger partial charge in [-0.15, -0.1) is 0 Å². The molecule has 1 aromatic carbocycles. The number of amides is 1. The molecule has 0 bridgehead atoms. The van der Waals surface area contributed by atoms with E-state index in [9.17, 15) is 18.0 Å². The number of ether oxygens (including phenoxy) is 2. The van der Waals surface area contributed by atoms with Gasteiger partial charge in [0.05, 0.1) is 18.1 Å². The first-order valence-electron chi connectivity index (χ1n) is 9.41. The van der Waals surface area contributed by atoms with Crippen molar-refractivity contribution in [3.8, 4) is 0 Å². The molecule has 9 nitrogen and oxygen atoms in total. The van der Waals surface area contributed by atoms with Crippen LogP contribution in [-0.4, -0.2) is 57.5 Å². The van der Waals surface area contributed by atoms with E-state index in [1.165, 1.54) is 16.4 Å². The van der Waals surface area contributed by atoms with E-state index in [0.717, 1.165) is 0 Å². The van der Waals surface area contributed by atoms with Gasteiger partial charge in [0.25, 0.3) is 5.91 Å². The number of rotatable bonds is 6. The fraction of sp³-hybridized carbons (Fsp3) is 0.400. The van der Waals surface area contributed by atoms with E-state index in [1.54, 1.807) is 32.9 Å². The molecule has 1 amide bonds. The molecule has 0 saturated carbocycles. The summed E-state index contributed by atoms with van der Waals surface area (Å²) >= 11 is 0. The van der Waals surface area contributed by atoms with Crippen LogP contribution in [0, 0.1) is 20.8 Å². The molecule has 0 unspecified atom stereocenters. The maximum absolute atomic E-state index is 12.9. The van der Waals surface area contributed by atoms with Crippen LogP contribution in [0.4, 0.5) is 5.69 Å². The number of nitrogens with one attached hydrogen (secondary N) is 1. The van der Waals surface area contributed by atoms with Crippen molar-refractivity contribution in [2.45, 2.75) is 25.7 Å². The number of benzene rings is 1. The molecule has 10 heteroatoms. The van der Waals surface area contributed by atoms with E-state index >= 15 is 0 Å². The van der Waals surface area contributed by atoms with Crippen molar-refractivity contribution >= 4 is 27.6 Å². The number of anilines is 1. The molecule has 0 radical (unpaired) electrons. The van der Waals surface area contributed by atoms with Gasteiger partial charge in [-0.3, -0.25) is 4.79 Å². The van der Waals surface area contributed by atoms with Gasteiger partial charge in [-0.1, -0.05) is 6.07 Å². The SMILES string of the molecule is Cc1cc(C(=O)OCC(=O)Nc2ccc(C)c(S(=O)(=O)N3CCOCC3)c2)c(C)o1. The molecule has 2 heterocycles. The van der Waals surface area contributed by atoms with Crippen molar-refractivity contribution in [1.29, 1.82) is 0 Å². The fourth-order valence-electron chi connectivity index (χ4n) is 3.12. The topological polar surface area (TPSA) is 115 Å². The molecular formula is C20H24N2O7S. The number of sulfonamides is 1.